The number of urea groups is 1. The number of piperazine rings is 1. The van der Waals surface area contributed by atoms with E-state index in [2.05, 4.69) is 15.2 Å². The predicted molar refractivity (Wildman–Crippen MR) is 133 cm³/mol. The van der Waals surface area contributed by atoms with Gasteiger partial charge in [-0.1, -0.05) is 29.3 Å². The van der Waals surface area contributed by atoms with Gasteiger partial charge in [0.15, 0.2) is 0 Å². The molecule has 1 saturated heterocycles. The molecule has 7 nitrogen and oxygen atoms in total. The van der Waals surface area contributed by atoms with Gasteiger partial charge in [-0.15, -0.1) is 11.3 Å². The van der Waals surface area contributed by atoms with E-state index in [0.717, 1.165) is 20.8 Å². The summed E-state index contributed by atoms with van der Waals surface area (Å²) in [6.07, 6.45) is -0.620. The average Bonchev–Trinajstić information content (AvgIpc) is 3.16. The van der Waals surface area contributed by atoms with Crippen molar-refractivity contribution in [1.82, 2.24) is 20.1 Å². The van der Waals surface area contributed by atoms with Crippen LogP contribution in [-0.4, -0.2) is 71.4 Å². The number of aromatic nitrogens is 1. The highest BCUT2D eigenvalue weighted by Crippen LogP contribution is 2.25. The third-order valence-electron chi connectivity index (χ3n) is 5.48. The van der Waals surface area contributed by atoms with Crippen molar-refractivity contribution in [3.8, 4) is 5.75 Å². The molecule has 0 saturated carbocycles. The number of thiazole rings is 1. The lowest BCUT2D eigenvalue weighted by molar-refractivity contribution is 0.0516. The predicted octanol–water partition coefficient (Wildman–Crippen LogP) is 4.18. The van der Waals surface area contributed by atoms with E-state index in [-0.39, 0.29) is 12.6 Å². The largest absolute Gasteiger partial charge is 0.491 e. The number of benzene rings is 2. The number of hydrogen-bond donors (Lipinski definition) is 2. The average molecular weight is 509 g/mol. The monoisotopic (exact) mass is 508 g/mol. The van der Waals surface area contributed by atoms with Crippen molar-refractivity contribution in [3.63, 3.8) is 0 Å². The molecule has 1 aliphatic rings. The molecule has 10 heteroatoms. The highest BCUT2D eigenvalue weighted by Gasteiger charge is 2.23. The van der Waals surface area contributed by atoms with Crippen LogP contribution in [0.1, 0.15) is 10.6 Å². The van der Waals surface area contributed by atoms with Crippen molar-refractivity contribution in [2.75, 3.05) is 39.3 Å². The molecule has 1 atom stereocenters. The molecule has 1 aromatic heterocycles. The summed E-state index contributed by atoms with van der Waals surface area (Å²) in [6.45, 7) is 5.59. The van der Waals surface area contributed by atoms with Gasteiger partial charge in [0.1, 0.15) is 18.5 Å². The number of rotatable bonds is 7. The Hall–Kier alpha value is -2.10. The summed E-state index contributed by atoms with van der Waals surface area (Å²) in [5, 5.41) is 15.4. The maximum atomic E-state index is 12.5. The van der Waals surface area contributed by atoms with Crippen LogP contribution in [-0.2, 0) is 6.54 Å². The van der Waals surface area contributed by atoms with Gasteiger partial charge in [-0.05, 0) is 36.8 Å². The Labute approximate surface area is 206 Å². The smallest absolute Gasteiger partial charge is 0.317 e. The molecular weight excluding hydrogens is 483 g/mol. The van der Waals surface area contributed by atoms with Gasteiger partial charge < -0.3 is 20.1 Å². The van der Waals surface area contributed by atoms with Crippen molar-refractivity contribution in [2.45, 2.75) is 19.6 Å². The summed E-state index contributed by atoms with van der Waals surface area (Å²) in [4.78, 5) is 20.9. The van der Waals surface area contributed by atoms with E-state index in [1.54, 1.807) is 28.4 Å². The maximum absolute atomic E-state index is 12.5. The molecule has 0 aliphatic carbocycles. The Morgan fingerprint density at radius 1 is 1.21 bits per heavy atom. The van der Waals surface area contributed by atoms with Crippen LogP contribution in [0.3, 0.4) is 0 Å². The van der Waals surface area contributed by atoms with Gasteiger partial charge in [0.2, 0.25) is 0 Å². The first-order valence-corrected chi connectivity index (χ1v) is 12.3. The number of β-amino-alcohol motifs (C(OH)–C–C–N with tert-alkyl or cyclic N) is 1. The Balaban J connectivity index is 1.17. The van der Waals surface area contributed by atoms with Crippen LogP contribution in [0.4, 0.5) is 4.79 Å². The number of aryl methyl sites for hydroxylation is 1. The van der Waals surface area contributed by atoms with Gasteiger partial charge in [-0.25, -0.2) is 9.78 Å². The van der Waals surface area contributed by atoms with Crippen molar-refractivity contribution in [3.05, 3.63) is 57.0 Å². The van der Waals surface area contributed by atoms with Gasteiger partial charge in [-0.2, -0.15) is 0 Å². The molecule has 0 spiro atoms. The van der Waals surface area contributed by atoms with E-state index in [1.165, 1.54) is 0 Å². The molecule has 2 amide bonds. The van der Waals surface area contributed by atoms with Crippen LogP contribution in [0.25, 0.3) is 10.2 Å². The Kier molecular flexibility index (Phi) is 7.93. The number of carbonyl (C=O) groups excluding carboxylic acids is 1. The molecule has 4 rings (SSSR count). The van der Waals surface area contributed by atoms with Gasteiger partial charge in [0.25, 0.3) is 0 Å². The zero-order valence-corrected chi connectivity index (χ0v) is 20.6. The van der Waals surface area contributed by atoms with Crippen LogP contribution in [0.15, 0.2) is 36.4 Å². The van der Waals surface area contributed by atoms with E-state index >= 15 is 0 Å². The number of fused-ring (bicyclic) bond motifs is 1. The van der Waals surface area contributed by atoms with Crippen LogP contribution in [0.5, 0.6) is 5.75 Å². The first kappa shape index (κ1) is 24.0. The minimum atomic E-state index is -0.620. The summed E-state index contributed by atoms with van der Waals surface area (Å²) in [7, 11) is 0. The third-order valence-corrected chi connectivity index (χ3v) is 7.02. The van der Waals surface area contributed by atoms with Gasteiger partial charge in [0.05, 0.1) is 15.2 Å². The Morgan fingerprint density at radius 3 is 2.76 bits per heavy atom. The first-order valence-electron chi connectivity index (χ1n) is 10.7. The highest BCUT2D eigenvalue weighted by atomic mass is 35.5. The quantitative estimate of drug-likeness (QED) is 0.500. The van der Waals surface area contributed by atoms with Gasteiger partial charge in [-0.3, -0.25) is 4.90 Å². The molecule has 1 aliphatic heterocycles. The van der Waals surface area contributed by atoms with E-state index in [9.17, 15) is 9.90 Å². The van der Waals surface area contributed by atoms with Crippen LogP contribution in [0.2, 0.25) is 10.0 Å². The molecule has 2 aromatic carbocycles. The van der Waals surface area contributed by atoms with Gasteiger partial charge in [0, 0.05) is 55.4 Å². The second-order valence-corrected chi connectivity index (χ2v) is 10.1. The molecule has 0 unspecified atom stereocenters. The molecule has 33 heavy (non-hydrogen) atoms. The summed E-state index contributed by atoms with van der Waals surface area (Å²) in [6, 6.07) is 10.9. The Bertz CT molecular complexity index is 1120. The number of nitrogens with zero attached hydrogens (tertiary/aromatic N) is 3. The fourth-order valence-corrected chi connectivity index (χ4v) is 5.02. The molecule has 1 fully saturated rings. The lowest BCUT2D eigenvalue weighted by atomic mass is 10.2. The van der Waals surface area contributed by atoms with Crippen LogP contribution < -0.4 is 10.1 Å². The second-order valence-electron chi connectivity index (χ2n) is 8.01. The van der Waals surface area contributed by atoms with Crippen molar-refractivity contribution < 1.29 is 14.6 Å². The third kappa shape index (κ3) is 6.49. The Morgan fingerprint density at radius 2 is 2.00 bits per heavy atom. The summed E-state index contributed by atoms with van der Waals surface area (Å²) in [5.74, 6) is 0.703. The zero-order valence-electron chi connectivity index (χ0n) is 18.3. The standard InChI is InChI=1S/C23H26Cl2N4O3S/c1-15-27-21-11-19(4-5-22(21)33-15)32-14-18(30)13-28-6-8-29(9-7-28)23(31)26-12-16-2-3-17(24)10-20(16)25/h2-5,10-11,18,30H,6-9,12-14H2,1H3,(H,26,31)/t18-/m1/s1. The van der Waals surface area contributed by atoms with E-state index in [1.807, 2.05) is 31.2 Å². The second kappa shape index (κ2) is 10.9. The number of halogens is 2. The molecule has 3 aromatic rings. The SMILES string of the molecule is Cc1nc2cc(OC[C@H](O)CN3CCN(C(=O)NCc4ccc(Cl)cc4Cl)CC3)ccc2s1. The topological polar surface area (TPSA) is 77.9 Å². The maximum Gasteiger partial charge on any atom is 0.317 e. The van der Waals surface area contributed by atoms with Crippen LogP contribution >= 0.6 is 34.5 Å². The number of aliphatic hydroxyl groups is 1. The van der Waals surface area contributed by atoms with E-state index < -0.39 is 6.10 Å². The van der Waals surface area contributed by atoms with E-state index in [0.29, 0.717) is 55.1 Å². The number of amides is 2. The number of ether oxygens (including phenoxy) is 1. The lowest BCUT2D eigenvalue weighted by Crippen LogP contribution is -2.53. The molecule has 0 bridgehead atoms. The van der Waals surface area contributed by atoms with E-state index in [4.69, 9.17) is 27.9 Å². The fraction of sp³-hybridized carbons (Fsp3) is 0.391. The van der Waals surface area contributed by atoms with Crippen molar-refractivity contribution >= 4 is 50.8 Å². The zero-order chi connectivity index (χ0) is 23.4. The van der Waals surface area contributed by atoms with Gasteiger partial charge >= 0.3 is 6.03 Å². The summed E-state index contributed by atoms with van der Waals surface area (Å²) < 4.78 is 6.90. The number of aliphatic hydroxyl groups excluding tert-OH is 1. The number of carbonyl (C=O) groups is 1. The molecule has 0 radical (unpaired) electrons. The summed E-state index contributed by atoms with van der Waals surface area (Å²) in [5.41, 5.74) is 1.73. The number of hydrogen-bond acceptors (Lipinski definition) is 6. The lowest BCUT2D eigenvalue weighted by Gasteiger charge is -2.35. The molecule has 176 valence electrons. The normalized spacial score (nSPS) is 15.6. The van der Waals surface area contributed by atoms with Crippen LogP contribution in [0, 0.1) is 6.92 Å². The van der Waals surface area contributed by atoms with Crippen molar-refractivity contribution in [1.29, 1.82) is 0 Å². The fourth-order valence-electron chi connectivity index (χ4n) is 3.74. The number of nitrogens with one attached hydrogen (secondary N) is 1. The van der Waals surface area contributed by atoms with Crippen molar-refractivity contribution in [2.24, 2.45) is 0 Å². The first-order chi connectivity index (χ1) is 15.9. The minimum absolute atomic E-state index is 0.128. The molecular formula is C23H26Cl2N4O3S. The molecule has 2 heterocycles. The molecule has 2 N–H and O–H groups in total. The highest BCUT2D eigenvalue weighted by molar-refractivity contribution is 7.18. The summed E-state index contributed by atoms with van der Waals surface area (Å²) >= 11 is 13.7. The minimum Gasteiger partial charge on any atom is -0.491 e.